The molecule has 0 radical (unpaired) electrons. The van der Waals surface area contributed by atoms with Gasteiger partial charge in [0.2, 0.25) is 5.91 Å². The number of aliphatic hydroxyl groups excluding tert-OH is 1. The molecular formula is C16H27ClN2O3. The molecule has 1 amide bonds. The highest BCUT2D eigenvalue weighted by Gasteiger charge is 2.10. The molecule has 0 spiro atoms. The number of carbonyl (C=O) groups is 1. The maximum Gasteiger partial charge on any atom is 0.220 e. The van der Waals surface area contributed by atoms with Gasteiger partial charge >= 0.3 is 0 Å². The SMILES string of the molecule is CNCCCC(=O)NCC(O)c1cccc(OC(C)C)c1.Cl. The number of nitrogens with one attached hydrogen (secondary N) is 2. The van der Waals surface area contributed by atoms with Gasteiger partial charge in [-0.05, 0) is 51.6 Å². The molecule has 1 aromatic rings. The van der Waals surface area contributed by atoms with Crippen molar-refractivity contribution >= 4 is 18.3 Å². The number of halogens is 1. The fourth-order valence-corrected chi connectivity index (χ4v) is 1.91. The molecule has 0 saturated carbocycles. The zero-order valence-electron chi connectivity index (χ0n) is 13.5. The van der Waals surface area contributed by atoms with Gasteiger partial charge in [0, 0.05) is 13.0 Å². The first-order valence-corrected chi connectivity index (χ1v) is 7.39. The van der Waals surface area contributed by atoms with E-state index in [4.69, 9.17) is 4.74 Å². The highest BCUT2D eigenvalue weighted by molar-refractivity contribution is 5.85. The molecule has 1 unspecified atom stereocenters. The van der Waals surface area contributed by atoms with Crippen molar-refractivity contribution in [3.63, 3.8) is 0 Å². The van der Waals surface area contributed by atoms with Gasteiger partial charge in [0.25, 0.3) is 0 Å². The zero-order chi connectivity index (χ0) is 15.7. The van der Waals surface area contributed by atoms with Crippen molar-refractivity contribution < 1.29 is 14.6 Å². The molecule has 0 heterocycles. The first kappa shape index (κ1) is 20.7. The molecule has 0 saturated heterocycles. The number of rotatable bonds is 9. The Morgan fingerprint density at radius 1 is 1.36 bits per heavy atom. The van der Waals surface area contributed by atoms with E-state index in [9.17, 15) is 9.90 Å². The third kappa shape index (κ3) is 8.22. The molecule has 0 aliphatic rings. The van der Waals surface area contributed by atoms with Crippen molar-refractivity contribution in [1.29, 1.82) is 0 Å². The van der Waals surface area contributed by atoms with E-state index in [1.54, 1.807) is 6.07 Å². The van der Waals surface area contributed by atoms with E-state index in [1.807, 2.05) is 39.1 Å². The van der Waals surface area contributed by atoms with E-state index >= 15 is 0 Å². The van der Waals surface area contributed by atoms with Crippen LogP contribution in [0, 0.1) is 0 Å². The largest absolute Gasteiger partial charge is 0.491 e. The van der Waals surface area contributed by atoms with Gasteiger partial charge < -0.3 is 20.5 Å². The lowest BCUT2D eigenvalue weighted by atomic mass is 10.1. The fourth-order valence-electron chi connectivity index (χ4n) is 1.91. The summed E-state index contributed by atoms with van der Waals surface area (Å²) in [5.41, 5.74) is 0.740. The van der Waals surface area contributed by atoms with Gasteiger partial charge in [-0.3, -0.25) is 4.79 Å². The van der Waals surface area contributed by atoms with E-state index in [2.05, 4.69) is 10.6 Å². The molecule has 0 fully saturated rings. The Morgan fingerprint density at radius 2 is 2.09 bits per heavy atom. The summed E-state index contributed by atoms with van der Waals surface area (Å²) < 4.78 is 5.59. The molecule has 0 aromatic heterocycles. The second-order valence-corrected chi connectivity index (χ2v) is 5.27. The number of carbonyl (C=O) groups excluding carboxylic acids is 1. The molecule has 1 aromatic carbocycles. The van der Waals surface area contributed by atoms with E-state index < -0.39 is 6.10 Å². The summed E-state index contributed by atoms with van der Waals surface area (Å²) in [4.78, 5) is 11.6. The fraction of sp³-hybridized carbons (Fsp3) is 0.562. The molecule has 0 aliphatic heterocycles. The zero-order valence-corrected chi connectivity index (χ0v) is 14.3. The number of aliphatic hydroxyl groups is 1. The minimum Gasteiger partial charge on any atom is -0.491 e. The number of hydrogen-bond acceptors (Lipinski definition) is 4. The van der Waals surface area contributed by atoms with Crippen LogP contribution in [0.1, 0.15) is 38.4 Å². The molecular weight excluding hydrogens is 304 g/mol. The molecule has 22 heavy (non-hydrogen) atoms. The van der Waals surface area contributed by atoms with Gasteiger partial charge in [-0.2, -0.15) is 0 Å². The lowest BCUT2D eigenvalue weighted by Gasteiger charge is -2.15. The maximum absolute atomic E-state index is 11.6. The highest BCUT2D eigenvalue weighted by Crippen LogP contribution is 2.19. The van der Waals surface area contributed by atoms with E-state index in [0.717, 1.165) is 24.3 Å². The summed E-state index contributed by atoms with van der Waals surface area (Å²) in [6, 6.07) is 7.32. The summed E-state index contributed by atoms with van der Waals surface area (Å²) >= 11 is 0. The number of benzene rings is 1. The van der Waals surface area contributed by atoms with Gasteiger partial charge in [0.05, 0.1) is 12.2 Å². The van der Waals surface area contributed by atoms with Gasteiger partial charge in [-0.25, -0.2) is 0 Å². The minimum absolute atomic E-state index is 0. The lowest BCUT2D eigenvalue weighted by Crippen LogP contribution is -2.28. The van der Waals surface area contributed by atoms with E-state index in [-0.39, 0.29) is 31.0 Å². The number of ether oxygens (including phenoxy) is 1. The molecule has 126 valence electrons. The maximum atomic E-state index is 11.6. The van der Waals surface area contributed by atoms with Crippen LogP contribution in [0.4, 0.5) is 0 Å². The van der Waals surface area contributed by atoms with Crippen molar-refractivity contribution in [2.75, 3.05) is 20.1 Å². The van der Waals surface area contributed by atoms with Crippen LogP contribution in [0.2, 0.25) is 0 Å². The Morgan fingerprint density at radius 3 is 2.73 bits per heavy atom. The molecule has 5 nitrogen and oxygen atoms in total. The van der Waals surface area contributed by atoms with Crippen LogP contribution in [0.25, 0.3) is 0 Å². The average molecular weight is 331 g/mol. The molecule has 1 atom stereocenters. The smallest absolute Gasteiger partial charge is 0.220 e. The van der Waals surface area contributed by atoms with E-state index in [0.29, 0.717) is 6.42 Å². The first-order valence-electron chi connectivity index (χ1n) is 7.39. The van der Waals surface area contributed by atoms with Gasteiger partial charge in [0.1, 0.15) is 5.75 Å². The second-order valence-electron chi connectivity index (χ2n) is 5.27. The van der Waals surface area contributed by atoms with Crippen LogP contribution < -0.4 is 15.4 Å². The normalized spacial score (nSPS) is 11.7. The van der Waals surface area contributed by atoms with Crippen LogP contribution in [0.5, 0.6) is 5.75 Å². The predicted molar refractivity (Wildman–Crippen MR) is 90.6 cm³/mol. The predicted octanol–water partition coefficient (Wildman–Crippen LogP) is 2.04. The molecule has 0 bridgehead atoms. The van der Waals surface area contributed by atoms with E-state index in [1.165, 1.54) is 0 Å². The van der Waals surface area contributed by atoms with Crippen LogP contribution in [0.3, 0.4) is 0 Å². The van der Waals surface area contributed by atoms with Crippen molar-refractivity contribution in [2.24, 2.45) is 0 Å². The van der Waals surface area contributed by atoms with Crippen LogP contribution in [-0.2, 0) is 4.79 Å². The van der Waals surface area contributed by atoms with Crippen molar-refractivity contribution in [3.05, 3.63) is 29.8 Å². The molecule has 6 heteroatoms. The Labute approximate surface area is 138 Å². The van der Waals surface area contributed by atoms with Gasteiger partial charge in [0.15, 0.2) is 0 Å². The summed E-state index contributed by atoms with van der Waals surface area (Å²) in [7, 11) is 1.86. The molecule has 3 N–H and O–H groups in total. The minimum atomic E-state index is -0.728. The van der Waals surface area contributed by atoms with Gasteiger partial charge in [-0.1, -0.05) is 12.1 Å². The highest BCUT2D eigenvalue weighted by atomic mass is 35.5. The Bertz CT molecular complexity index is 441. The first-order chi connectivity index (χ1) is 10.0. The monoisotopic (exact) mass is 330 g/mol. The summed E-state index contributed by atoms with van der Waals surface area (Å²) in [6.07, 6.45) is 0.610. The molecule has 0 aliphatic carbocycles. The van der Waals surface area contributed by atoms with Crippen LogP contribution in [0.15, 0.2) is 24.3 Å². The van der Waals surface area contributed by atoms with Crippen LogP contribution in [-0.4, -0.2) is 37.3 Å². The quantitative estimate of drug-likeness (QED) is 0.606. The standard InChI is InChI=1S/C16H26N2O3.ClH/c1-12(2)21-14-7-4-6-13(10-14)15(19)11-18-16(20)8-5-9-17-3;/h4,6-7,10,12,15,17,19H,5,8-9,11H2,1-3H3,(H,18,20);1H. The Balaban J connectivity index is 0.00000441. The average Bonchev–Trinajstić information content (AvgIpc) is 2.44. The third-order valence-electron chi connectivity index (χ3n) is 2.94. The van der Waals surface area contributed by atoms with Gasteiger partial charge in [-0.15, -0.1) is 12.4 Å². The summed E-state index contributed by atoms with van der Waals surface area (Å²) in [5, 5.41) is 15.9. The van der Waals surface area contributed by atoms with Crippen molar-refractivity contribution in [1.82, 2.24) is 10.6 Å². The second kappa shape index (κ2) is 11.3. The van der Waals surface area contributed by atoms with Crippen molar-refractivity contribution in [3.8, 4) is 5.75 Å². The lowest BCUT2D eigenvalue weighted by molar-refractivity contribution is -0.121. The summed E-state index contributed by atoms with van der Waals surface area (Å²) in [6.45, 7) is 4.93. The van der Waals surface area contributed by atoms with Crippen molar-refractivity contribution in [2.45, 2.75) is 38.9 Å². The molecule has 1 rings (SSSR count). The topological polar surface area (TPSA) is 70.6 Å². The Kier molecular flexibility index (Phi) is 10.6. The summed E-state index contributed by atoms with van der Waals surface area (Å²) in [5.74, 6) is 0.681. The third-order valence-corrected chi connectivity index (χ3v) is 2.94. The Hall–Kier alpha value is -1.30. The number of amides is 1. The van der Waals surface area contributed by atoms with Crippen LogP contribution >= 0.6 is 12.4 Å². The number of hydrogen-bond donors (Lipinski definition) is 3.